The van der Waals surface area contributed by atoms with Gasteiger partial charge in [0.1, 0.15) is 0 Å². The number of hydrogen-bond donors (Lipinski definition) is 1. The molecule has 1 aliphatic rings. The van der Waals surface area contributed by atoms with Crippen molar-refractivity contribution in [1.82, 2.24) is 0 Å². The molecule has 86 valence electrons. The SMILES string of the molecule is O=[N+]([O-])c1cccc(CC2(CO)CC2)c1F. The average molecular weight is 225 g/mol. The van der Waals surface area contributed by atoms with Crippen LogP contribution in [0.4, 0.5) is 10.1 Å². The highest BCUT2D eigenvalue weighted by Crippen LogP contribution is 2.48. The van der Waals surface area contributed by atoms with E-state index in [2.05, 4.69) is 0 Å². The standard InChI is InChI=1S/C11H12FNO3/c12-10-8(6-11(7-14)4-5-11)2-1-3-9(10)13(15)16/h1-3,14H,4-7H2. The first-order valence-corrected chi connectivity index (χ1v) is 5.11. The molecule has 1 aromatic carbocycles. The summed E-state index contributed by atoms with van der Waals surface area (Å²) in [4.78, 5) is 9.82. The summed E-state index contributed by atoms with van der Waals surface area (Å²) >= 11 is 0. The molecule has 2 rings (SSSR count). The molecule has 0 spiro atoms. The predicted molar refractivity (Wildman–Crippen MR) is 55.5 cm³/mol. The Morgan fingerprint density at radius 1 is 1.50 bits per heavy atom. The van der Waals surface area contributed by atoms with E-state index in [4.69, 9.17) is 5.11 Å². The van der Waals surface area contributed by atoms with Crippen LogP contribution in [0.5, 0.6) is 0 Å². The summed E-state index contributed by atoms with van der Waals surface area (Å²) in [5.74, 6) is -0.771. The van der Waals surface area contributed by atoms with Crippen LogP contribution < -0.4 is 0 Å². The smallest absolute Gasteiger partial charge is 0.305 e. The Balaban J connectivity index is 2.28. The van der Waals surface area contributed by atoms with Crippen LogP contribution in [-0.2, 0) is 6.42 Å². The average Bonchev–Trinajstić information content (AvgIpc) is 3.01. The largest absolute Gasteiger partial charge is 0.396 e. The summed E-state index contributed by atoms with van der Waals surface area (Å²) in [6.07, 6.45) is 2.08. The molecule has 16 heavy (non-hydrogen) atoms. The fourth-order valence-electron chi connectivity index (χ4n) is 1.82. The van der Waals surface area contributed by atoms with Crippen molar-refractivity contribution in [2.45, 2.75) is 19.3 Å². The van der Waals surface area contributed by atoms with Gasteiger partial charge in [0.2, 0.25) is 5.82 Å². The van der Waals surface area contributed by atoms with Crippen LogP contribution in [0.15, 0.2) is 18.2 Å². The van der Waals surface area contributed by atoms with Gasteiger partial charge in [-0.1, -0.05) is 12.1 Å². The lowest BCUT2D eigenvalue weighted by atomic mass is 9.97. The van der Waals surface area contributed by atoms with E-state index in [0.29, 0.717) is 12.0 Å². The maximum Gasteiger partial charge on any atom is 0.305 e. The van der Waals surface area contributed by atoms with E-state index in [1.54, 1.807) is 0 Å². The molecule has 0 aromatic heterocycles. The number of nitro groups is 1. The first-order chi connectivity index (χ1) is 7.58. The number of aliphatic hydroxyl groups excluding tert-OH is 1. The molecule has 1 N–H and O–H groups in total. The minimum Gasteiger partial charge on any atom is -0.396 e. The number of nitrogens with zero attached hydrogens (tertiary/aromatic N) is 1. The van der Waals surface area contributed by atoms with Crippen LogP contribution >= 0.6 is 0 Å². The lowest BCUT2D eigenvalue weighted by molar-refractivity contribution is -0.387. The van der Waals surface area contributed by atoms with Crippen LogP contribution in [0.2, 0.25) is 0 Å². The summed E-state index contributed by atoms with van der Waals surface area (Å²) in [7, 11) is 0. The number of nitro benzene ring substituents is 1. The first-order valence-electron chi connectivity index (χ1n) is 5.11. The van der Waals surface area contributed by atoms with Crippen LogP contribution in [-0.4, -0.2) is 16.6 Å². The van der Waals surface area contributed by atoms with Crippen molar-refractivity contribution < 1.29 is 14.4 Å². The number of halogens is 1. The van der Waals surface area contributed by atoms with Crippen molar-refractivity contribution in [3.8, 4) is 0 Å². The minimum atomic E-state index is -0.771. The maximum atomic E-state index is 13.7. The Kier molecular flexibility index (Phi) is 2.63. The Morgan fingerprint density at radius 3 is 2.69 bits per heavy atom. The van der Waals surface area contributed by atoms with Gasteiger partial charge < -0.3 is 5.11 Å². The van der Waals surface area contributed by atoms with Crippen molar-refractivity contribution in [1.29, 1.82) is 0 Å². The summed E-state index contributed by atoms with van der Waals surface area (Å²) in [5, 5.41) is 19.7. The lowest BCUT2D eigenvalue weighted by Crippen LogP contribution is -2.11. The molecule has 0 radical (unpaired) electrons. The van der Waals surface area contributed by atoms with Crippen LogP contribution in [0.1, 0.15) is 18.4 Å². The van der Waals surface area contributed by atoms with E-state index < -0.39 is 16.4 Å². The van der Waals surface area contributed by atoms with Crippen LogP contribution in [0.25, 0.3) is 0 Å². The molecular weight excluding hydrogens is 213 g/mol. The molecule has 0 aliphatic heterocycles. The Hall–Kier alpha value is -1.49. The molecule has 0 heterocycles. The molecule has 0 bridgehead atoms. The van der Waals surface area contributed by atoms with Crippen LogP contribution in [0, 0.1) is 21.3 Å². The molecule has 0 atom stereocenters. The third-order valence-electron chi connectivity index (χ3n) is 3.11. The second kappa shape index (κ2) is 3.83. The fourth-order valence-corrected chi connectivity index (χ4v) is 1.82. The second-order valence-electron chi connectivity index (χ2n) is 4.34. The van der Waals surface area contributed by atoms with Crippen molar-refractivity contribution in [3.05, 3.63) is 39.7 Å². The van der Waals surface area contributed by atoms with Gasteiger partial charge in [-0.15, -0.1) is 0 Å². The van der Waals surface area contributed by atoms with Gasteiger partial charge in [-0.05, 0) is 30.2 Å². The summed E-state index contributed by atoms with van der Waals surface area (Å²) in [5.41, 5.74) is -0.414. The zero-order chi connectivity index (χ0) is 11.8. The van der Waals surface area contributed by atoms with Gasteiger partial charge in [0.25, 0.3) is 0 Å². The summed E-state index contributed by atoms with van der Waals surface area (Å²) in [6, 6.07) is 4.17. The van der Waals surface area contributed by atoms with E-state index >= 15 is 0 Å². The zero-order valence-electron chi connectivity index (χ0n) is 8.65. The van der Waals surface area contributed by atoms with Gasteiger partial charge in [0.05, 0.1) is 4.92 Å². The van der Waals surface area contributed by atoms with Crippen molar-refractivity contribution in [2.75, 3.05) is 6.61 Å². The normalized spacial score (nSPS) is 17.1. The van der Waals surface area contributed by atoms with Gasteiger partial charge in [-0.3, -0.25) is 10.1 Å². The first kappa shape index (κ1) is 11.0. The van der Waals surface area contributed by atoms with Crippen molar-refractivity contribution in [3.63, 3.8) is 0 Å². The van der Waals surface area contributed by atoms with Crippen LogP contribution in [0.3, 0.4) is 0 Å². The summed E-state index contributed by atoms with van der Waals surface area (Å²) in [6.45, 7) is 0.00906. The predicted octanol–water partition coefficient (Wildman–Crippen LogP) is 2.05. The van der Waals surface area contributed by atoms with Gasteiger partial charge >= 0.3 is 5.69 Å². The molecule has 1 aliphatic carbocycles. The lowest BCUT2D eigenvalue weighted by Gasteiger charge is -2.11. The minimum absolute atomic E-state index is 0.00906. The van der Waals surface area contributed by atoms with Crippen molar-refractivity contribution in [2.24, 2.45) is 5.41 Å². The van der Waals surface area contributed by atoms with E-state index in [-0.39, 0.29) is 12.0 Å². The van der Waals surface area contributed by atoms with Crippen molar-refractivity contribution >= 4 is 5.69 Å². The highest BCUT2D eigenvalue weighted by molar-refractivity contribution is 5.37. The molecule has 0 saturated heterocycles. The molecule has 1 aromatic rings. The highest BCUT2D eigenvalue weighted by Gasteiger charge is 2.42. The molecule has 4 nitrogen and oxygen atoms in total. The number of benzene rings is 1. The maximum absolute atomic E-state index is 13.7. The molecule has 1 fully saturated rings. The fraction of sp³-hybridized carbons (Fsp3) is 0.455. The topological polar surface area (TPSA) is 63.4 Å². The monoisotopic (exact) mass is 225 g/mol. The number of rotatable bonds is 4. The number of hydrogen-bond acceptors (Lipinski definition) is 3. The Bertz CT molecular complexity index is 429. The zero-order valence-corrected chi connectivity index (χ0v) is 8.65. The Labute approximate surface area is 91.9 Å². The van der Waals surface area contributed by atoms with Gasteiger partial charge in [0, 0.05) is 12.7 Å². The quantitative estimate of drug-likeness (QED) is 0.630. The van der Waals surface area contributed by atoms with E-state index in [1.807, 2.05) is 0 Å². The molecule has 1 saturated carbocycles. The highest BCUT2D eigenvalue weighted by atomic mass is 19.1. The van der Waals surface area contributed by atoms with Gasteiger partial charge in [-0.25, -0.2) is 0 Å². The third-order valence-corrected chi connectivity index (χ3v) is 3.11. The Morgan fingerprint density at radius 2 is 2.19 bits per heavy atom. The van der Waals surface area contributed by atoms with Gasteiger partial charge in [-0.2, -0.15) is 4.39 Å². The van der Waals surface area contributed by atoms with E-state index in [9.17, 15) is 14.5 Å². The van der Waals surface area contributed by atoms with Gasteiger partial charge in [0.15, 0.2) is 0 Å². The molecule has 5 heteroatoms. The van der Waals surface area contributed by atoms with E-state index in [1.165, 1.54) is 12.1 Å². The molecular formula is C11H12FNO3. The molecule has 0 amide bonds. The number of aliphatic hydroxyl groups is 1. The second-order valence-corrected chi connectivity index (χ2v) is 4.34. The van der Waals surface area contributed by atoms with E-state index in [0.717, 1.165) is 18.9 Å². The summed E-state index contributed by atoms with van der Waals surface area (Å²) < 4.78 is 13.7. The molecule has 0 unspecified atom stereocenters. The third kappa shape index (κ3) is 1.90.